The molecule has 0 aromatic carbocycles. The lowest BCUT2D eigenvalue weighted by Gasteiger charge is -2.12. The van der Waals surface area contributed by atoms with Gasteiger partial charge in [0.2, 0.25) is 0 Å². The Balaban J connectivity index is 0.812. The molecule has 0 aliphatic carbocycles. The highest BCUT2D eigenvalue weighted by molar-refractivity contribution is 7.30. The zero-order chi connectivity index (χ0) is 49.2. The molecule has 0 N–H and O–H groups in total. The highest BCUT2D eigenvalue weighted by atomic mass is 32.1. The molecule has 6 aromatic heterocycles. The Morgan fingerprint density at radius 1 is 0.343 bits per heavy atom. The summed E-state index contributed by atoms with van der Waals surface area (Å²) in [5.74, 6) is -0.630. The maximum absolute atomic E-state index is 10.8. The fourth-order valence-corrected chi connectivity index (χ4v) is 12.4. The van der Waals surface area contributed by atoms with Crippen LogP contribution in [0.15, 0.2) is 72.8 Å². The Bertz CT molecular complexity index is 2210. The van der Waals surface area contributed by atoms with Gasteiger partial charge in [-0.3, -0.25) is 9.59 Å². The van der Waals surface area contributed by atoms with Crippen LogP contribution in [-0.2, 0) is 57.0 Å². The molecule has 0 fully saturated rings. The number of esters is 2. The zero-order valence-corrected chi connectivity index (χ0v) is 44.9. The van der Waals surface area contributed by atoms with Gasteiger partial charge >= 0.3 is 11.9 Å². The van der Waals surface area contributed by atoms with E-state index in [0.29, 0.717) is 106 Å². The van der Waals surface area contributed by atoms with Crippen molar-refractivity contribution in [2.24, 2.45) is 0 Å². The van der Waals surface area contributed by atoms with E-state index in [0.717, 1.165) is 10.1 Å². The van der Waals surface area contributed by atoms with Crippen LogP contribution in [0.5, 0.6) is 10.1 Å². The van der Waals surface area contributed by atoms with E-state index in [-0.39, 0.29) is 37.4 Å². The second-order valence-corrected chi connectivity index (χ2v) is 21.7. The highest BCUT2D eigenvalue weighted by Crippen LogP contribution is 2.46. The Morgan fingerprint density at radius 2 is 0.571 bits per heavy atom. The lowest BCUT2D eigenvalue weighted by Crippen LogP contribution is -2.20. The van der Waals surface area contributed by atoms with Crippen molar-refractivity contribution >= 4 is 80.0 Å². The summed E-state index contributed by atoms with van der Waals surface area (Å²) >= 11 is 10.5. The molecule has 0 spiro atoms. The summed E-state index contributed by atoms with van der Waals surface area (Å²) in [6, 6.07) is 26.0. The Labute approximate surface area is 434 Å². The number of thiophene rings is 6. The molecule has 6 aromatic rings. The van der Waals surface area contributed by atoms with Gasteiger partial charge in [0.05, 0.1) is 105 Å². The van der Waals surface area contributed by atoms with Gasteiger partial charge in [0.15, 0.2) is 10.1 Å². The third-order valence-electron chi connectivity index (χ3n) is 9.54. The molecule has 0 saturated carbocycles. The van der Waals surface area contributed by atoms with Gasteiger partial charge in [-0.05, 0) is 86.6 Å². The summed E-state index contributed by atoms with van der Waals surface area (Å²) in [4.78, 5) is 34.0. The van der Waals surface area contributed by atoms with Crippen molar-refractivity contribution in [2.75, 3.05) is 119 Å². The van der Waals surface area contributed by atoms with Gasteiger partial charge in [-0.1, -0.05) is 22.7 Å². The van der Waals surface area contributed by atoms with Crippen LogP contribution < -0.4 is 9.47 Å². The molecular formula is C50H62O14S6. The van der Waals surface area contributed by atoms with Crippen LogP contribution in [0, 0.1) is 0 Å². The summed E-state index contributed by atoms with van der Waals surface area (Å²) in [6.45, 7) is 14.4. The molecule has 382 valence electrons. The van der Waals surface area contributed by atoms with Crippen LogP contribution >= 0.6 is 68.0 Å². The van der Waals surface area contributed by atoms with E-state index in [4.69, 9.17) is 56.8 Å². The lowest BCUT2D eigenvalue weighted by molar-refractivity contribution is -0.146. The first-order chi connectivity index (χ1) is 34.2. The molecular weight excluding hydrogens is 1020 g/mol. The maximum atomic E-state index is 10.8. The predicted molar refractivity (Wildman–Crippen MR) is 281 cm³/mol. The van der Waals surface area contributed by atoms with E-state index in [1.54, 1.807) is 45.3 Å². The smallest absolute Gasteiger partial charge is 0.302 e. The van der Waals surface area contributed by atoms with Crippen molar-refractivity contribution in [3.8, 4) is 58.9 Å². The van der Waals surface area contributed by atoms with E-state index in [1.165, 1.54) is 62.6 Å². The number of ether oxygens (including phenoxy) is 12. The van der Waals surface area contributed by atoms with Crippen LogP contribution in [0.25, 0.3) is 48.8 Å². The first-order valence-electron chi connectivity index (χ1n) is 23.0. The van der Waals surface area contributed by atoms with Gasteiger partial charge in [0.1, 0.15) is 26.4 Å². The molecule has 20 heteroatoms. The van der Waals surface area contributed by atoms with Crippen LogP contribution in [0.1, 0.15) is 27.7 Å². The summed E-state index contributed by atoms with van der Waals surface area (Å²) in [5.41, 5.74) is 0. The van der Waals surface area contributed by atoms with Crippen LogP contribution in [0.4, 0.5) is 0 Å². The summed E-state index contributed by atoms with van der Waals surface area (Å²) in [7, 11) is 0. The molecule has 0 saturated heterocycles. The normalized spacial score (nSPS) is 12.3. The molecule has 0 bridgehead atoms. The van der Waals surface area contributed by atoms with Crippen molar-refractivity contribution in [2.45, 2.75) is 39.9 Å². The lowest BCUT2D eigenvalue weighted by atomic mass is 10.3. The molecule has 6 heterocycles. The largest absolute Gasteiger partial charge is 0.482 e. The molecule has 2 atom stereocenters. The third kappa shape index (κ3) is 20.5. The molecule has 0 aliphatic heterocycles. The van der Waals surface area contributed by atoms with E-state index in [2.05, 4.69) is 60.7 Å². The minimum absolute atomic E-state index is 0.167. The fraction of sp³-hybridized carbons (Fsp3) is 0.480. The van der Waals surface area contributed by atoms with Crippen molar-refractivity contribution in [3.63, 3.8) is 0 Å². The van der Waals surface area contributed by atoms with E-state index >= 15 is 0 Å². The topological polar surface area (TPSA) is 145 Å². The predicted octanol–water partition coefficient (Wildman–Crippen LogP) is 11.2. The summed E-state index contributed by atoms with van der Waals surface area (Å²) in [6.07, 6.45) is -0.334. The average molecular weight is 1080 g/mol. The van der Waals surface area contributed by atoms with Gasteiger partial charge in [-0.25, -0.2) is 0 Å². The molecule has 14 nitrogen and oxygen atoms in total. The van der Waals surface area contributed by atoms with Gasteiger partial charge < -0.3 is 56.8 Å². The number of hydrogen-bond donors (Lipinski definition) is 0. The van der Waals surface area contributed by atoms with Gasteiger partial charge in [-0.2, -0.15) is 0 Å². The number of carbonyl (C=O) groups excluding carboxylic acids is 2. The van der Waals surface area contributed by atoms with Gasteiger partial charge in [-0.15, -0.1) is 45.3 Å². The monoisotopic (exact) mass is 1080 g/mol. The van der Waals surface area contributed by atoms with Crippen molar-refractivity contribution in [1.29, 1.82) is 0 Å². The fourth-order valence-electron chi connectivity index (χ4n) is 6.14. The maximum Gasteiger partial charge on any atom is 0.302 e. The van der Waals surface area contributed by atoms with Crippen molar-refractivity contribution in [1.82, 2.24) is 0 Å². The molecule has 6 rings (SSSR count). The second kappa shape index (κ2) is 31.8. The number of hydrogen-bond acceptors (Lipinski definition) is 20. The molecule has 70 heavy (non-hydrogen) atoms. The Hall–Kier alpha value is -3.58. The summed E-state index contributed by atoms with van der Waals surface area (Å²) in [5, 5.41) is 1.73. The molecule has 0 amide bonds. The molecule has 2 unspecified atom stereocenters. The number of rotatable bonds is 37. The summed E-state index contributed by atoms with van der Waals surface area (Å²) < 4.78 is 66.3. The number of carbonyl (C=O) groups is 2. The second-order valence-electron chi connectivity index (χ2n) is 15.2. The van der Waals surface area contributed by atoms with E-state index < -0.39 is 0 Å². The van der Waals surface area contributed by atoms with Gasteiger partial charge in [0.25, 0.3) is 0 Å². The average Bonchev–Trinajstić information content (AvgIpc) is 4.21. The zero-order valence-electron chi connectivity index (χ0n) is 40.0. The highest BCUT2D eigenvalue weighted by Gasteiger charge is 2.15. The van der Waals surface area contributed by atoms with Crippen molar-refractivity contribution < 1.29 is 66.4 Å². The van der Waals surface area contributed by atoms with Crippen molar-refractivity contribution in [3.05, 3.63) is 72.8 Å². The minimum atomic E-state index is -0.315. The third-order valence-corrected chi connectivity index (χ3v) is 16.9. The first-order valence-corrected chi connectivity index (χ1v) is 27.9. The van der Waals surface area contributed by atoms with Crippen LogP contribution in [0.2, 0.25) is 0 Å². The van der Waals surface area contributed by atoms with Gasteiger partial charge in [0, 0.05) is 62.6 Å². The van der Waals surface area contributed by atoms with E-state index in [1.807, 2.05) is 48.7 Å². The van der Waals surface area contributed by atoms with Crippen LogP contribution in [0.3, 0.4) is 0 Å². The standard InChI is InChI=1S/C50H62O14S6/c1-35(33-63-37(3)51)59-29-25-55-21-17-53-19-23-57-27-31-61-49-15-13-47(69-49)45-11-9-43(67-45)41-7-5-39(65-41)40-6-8-42(66-40)44-10-12-46(68-44)48-14-16-50(70-48)62-32-28-58-24-20-54-18-22-56-26-30-60-36(2)34-64-38(4)52/h5-16,35-36H,17-34H2,1-4H3. The van der Waals surface area contributed by atoms with Crippen LogP contribution in [-0.4, -0.2) is 143 Å². The quantitative estimate of drug-likeness (QED) is 0.0269. The molecule has 0 radical (unpaired) electrons. The Morgan fingerprint density at radius 3 is 0.843 bits per heavy atom. The molecule has 0 aliphatic rings. The first kappa shape index (κ1) is 55.7. The van der Waals surface area contributed by atoms with E-state index in [9.17, 15) is 9.59 Å². The minimum Gasteiger partial charge on any atom is -0.482 e. The SMILES string of the molecule is CC(=O)OCC(C)OCCOCCOCCOCCOc1ccc(-c2ccc(-c3ccc(-c4ccc(-c5ccc(-c6ccc(OCCOCCOCCOCCOC(C)COC(C)=O)s6)s5)s4)s3)s2)s1. The Kier molecular flexibility index (Phi) is 25.3.